The number of halogens is 3. The second-order valence-electron chi connectivity index (χ2n) is 6.31. The number of rotatable bonds is 5. The standard InChI is InChI=1S/C15H22F3N3O2/c1-20-13(15(16,17)18)8-14(19-20)23-10-12-3-2-11(12)9-21-4-6-22-7-5-21/h8,11-12H,2-7,9-10H2,1H3/t11?,12-/m0/s1. The van der Waals surface area contributed by atoms with E-state index in [1.165, 1.54) is 7.05 Å². The Hall–Kier alpha value is -1.28. The van der Waals surface area contributed by atoms with Crippen molar-refractivity contribution in [3.8, 4) is 5.88 Å². The van der Waals surface area contributed by atoms with Crippen molar-refractivity contribution < 1.29 is 22.6 Å². The van der Waals surface area contributed by atoms with Gasteiger partial charge in [-0.25, -0.2) is 0 Å². The number of aromatic nitrogens is 2. The van der Waals surface area contributed by atoms with Crippen molar-refractivity contribution in [1.29, 1.82) is 0 Å². The predicted molar refractivity (Wildman–Crippen MR) is 77.2 cm³/mol. The van der Waals surface area contributed by atoms with Gasteiger partial charge in [0, 0.05) is 32.7 Å². The average molecular weight is 333 g/mol. The van der Waals surface area contributed by atoms with E-state index in [9.17, 15) is 13.2 Å². The number of hydrogen-bond donors (Lipinski definition) is 0. The summed E-state index contributed by atoms with van der Waals surface area (Å²) < 4.78 is 49.9. The number of nitrogens with zero attached hydrogens (tertiary/aromatic N) is 3. The van der Waals surface area contributed by atoms with E-state index in [0.717, 1.165) is 56.4 Å². The van der Waals surface area contributed by atoms with Gasteiger partial charge in [-0.1, -0.05) is 0 Å². The van der Waals surface area contributed by atoms with Crippen LogP contribution < -0.4 is 4.74 Å². The summed E-state index contributed by atoms with van der Waals surface area (Å²) in [5.74, 6) is 1.00. The maximum Gasteiger partial charge on any atom is 0.433 e. The van der Waals surface area contributed by atoms with Crippen molar-refractivity contribution in [1.82, 2.24) is 14.7 Å². The molecule has 1 unspecified atom stereocenters. The molecule has 0 radical (unpaired) electrons. The molecule has 1 aromatic heterocycles. The van der Waals surface area contributed by atoms with Crippen LogP contribution in [0.4, 0.5) is 13.2 Å². The molecule has 8 heteroatoms. The van der Waals surface area contributed by atoms with Crippen molar-refractivity contribution in [2.45, 2.75) is 19.0 Å². The molecule has 0 spiro atoms. The van der Waals surface area contributed by atoms with Crippen LogP contribution in [0.3, 0.4) is 0 Å². The molecule has 0 aromatic carbocycles. The molecule has 0 N–H and O–H groups in total. The fourth-order valence-electron chi connectivity index (χ4n) is 3.18. The number of morpholine rings is 1. The summed E-state index contributed by atoms with van der Waals surface area (Å²) >= 11 is 0. The molecule has 2 heterocycles. The minimum Gasteiger partial charge on any atom is -0.476 e. The summed E-state index contributed by atoms with van der Waals surface area (Å²) in [6.45, 7) is 4.93. The van der Waals surface area contributed by atoms with Gasteiger partial charge in [0.05, 0.1) is 19.8 Å². The van der Waals surface area contributed by atoms with Gasteiger partial charge >= 0.3 is 6.18 Å². The summed E-state index contributed by atoms with van der Waals surface area (Å²) in [6.07, 6.45) is -2.19. The second-order valence-corrected chi connectivity index (χ2v) is 6.31. The Morgan fingerprint density at radius 1 is 1.26 bits per heavy atom. The third-order valence-corrected chi connectivity index (χ3v) is 4.76. The van der Waals surface area contributed by atoms with Crippen LogP contribution in [0, 0.1) is 11.8 Å². The van der Waals surface area contributed by atoms with E-state index in [4.69, 9.17) is 9.47 Å². The maximum absolute atomic E-state index is 12.7. The summed E-state index contributed by atoms with van der Waals surface area (Å²) in [7, 11) is 1.28. The van der Waals surface area contributed by atoms with Crippen molar-refractivity contribution >= 4 is 0 Å². The van der Waals surface area contributed by atoms with Crippen LogP contribution in [0.1, 0.15) is 18.5 Å². The summed E-state index contributed by atoms with van der Waals surface area (Å²) in [6, 6.07) is 0.968. The van der Waals surface area contributed by atoms with E-state index in [1.54, 1.807) is 0 Å². The van der Waals surface area contributed by atoms with Gasteiger partial charge in [-0.3, -0.25) is 9.58 Å². The SMILES string of the molecule is Cn1nc(OC[C@@H]2CCC2CN2CCOCC2)cc1C(F)(F)F. The number of alkyl halides is 3. The first-order valence-corrected chi connectivity index (χ1v) is 7.97. The van der Waals surface area contributed by atoms with Gasteiger partial charge in [-0.15, -0.1) is 5.10 Å². The largest absolute Gasteiger partial charge is 0.476 e. The molecule has 2 atom stereocenters. The molecule has 1 saturated carbocycles. The van der Waals surface area contributed by atoms with Crippen LogP contribution in [-0.4, -0.2) is 54.1 Å². The Morgan fingerprint density at radius 2 is 1.96 bits per heavy atom. The Kier molecular flexibility index (Phi) is 4.82. The molecule has 2 aliphatic rings. The molecule has 1 saturated heterocycles. The Morgan fingerprint density at radius 3 is 2.52 bits per heavy atom. The zero-order chi connectivity index (χ0) is 16.4. The van der Waals surface area contributed by atoms with Crippen molar-refractivity contribution in [3.63, 3.8) is 0 Å². The molecular weight excluding hydrogens is 311 g/mol. The second kappa shape index (κ2) is 6.68. The first kappa shape index (κ1) is 16.6. The molecule has 0 bridgehead atoms. The third-order valence-electron chi connectivity index (χ3n) is 4.76. The van der Waals surface area contributed by atoms with Gasteiger partial charge in [0.25, 0.3) is 0 Å². The topological polar surface area (TPSA) is 39.5 Å². The maximum atomic E-state index is 12.7. The van der Waals surface area contributed by atoms with Crippen LogP contribution in [0.2, 0.25) is 0 Å². The minimum absolute atomic E-state index is 0.0526. The highest BCUT2D eigenvalue weighted by molar-refractivity contribution is 5.18. The Labute approximate surface area is 133 Å². The highest BCUT2D eigenvalue weighted by Crippen LogP contribution is 2.36. The molecule has 0 amide bonds. The molecule has 23 heavy (non-hydrogen) atoms. The zero-order valence-corrected chi connectivity index (χ0v) is 13.2. The Bertz CT molecular complexity index is 527. The van der Waals surface area contributed by atoms with Crippen molar-refractivity contribution in [2.75, 3.05) is 39.5 Å². The van der Waals surface area contributed by atoms with Gasteiger partial charge in [-0.05, 0) is 24.7 Å². The molecule has 3 rings (SSSR count). The lowest BCUT2D eigenvalue weighted by Gasteiger charge is -2.40. The average Bonchev–Trinajstić information content (AvgIpc) is 2.86. The van der Waals surface area contributed by atoms with Gasteiger partial charge in [-0.2, -0.15) is 13.2 Å². The van der Waals surface area contributed by atoms with Gasteiger partial charge < -0.3 is 9.47 Å². The van der Waals surface area contributed by atoms with Crippen LogP contribution in [0.5, 0.6) is 5.88 Å². The molecule has 1 aromatic rings. The molecule has 130 valence electrons. The van der Waals surface area contributed by atoms with Crippen LogP contribution in [0.25, 0.3) is 0 Å². The third kappa shape index (κ3) is 3.98. The van der Waals surface area contributed by atoms with E-state index in [1.807, 2.05) is 0 Å². The fourth-order valence-corrected chi connectivity index (χ4v) is 3.18. The normalized spacial score (nSPS) is 26.1. The lowest BCUT2D eigenvalue weighted by molar-refractivity contribution is -0.143. The van der Waals surface area contributed by atoms with Crippen LogP contribution >= 0.6 is 0 Å². The van der Waals surface area contributed by atoms with E-state index in [0.29, 0.717) is 18.4 Å². The highest BCUT2D eigenvalue weighted by atomic mass is 19.4. The monoisotopic (exact) mass is 333 g/mol. The van der Waals surface area contributed by atoms with Gasteiger partial charge in [0.15, 0.2) is 0 Å². The fraction of sp³-hybridized carbons (Fsp3) is 0.800. The zero-order valence-electron chi connectivity index (χ0n) is 13.2. The predicted octanol–water partition coefficient (Wildman–Crippen LogP) is 2.18. The minimum atomic E-state index is -4.40. The summed E-state index contributed by atoms with van der Waals surface area (Å²) in [5.41, 5.74) is -0.786. The first-order valence-electron chi connectivity index (χ1n) is 7.97. The lowest BCUT2D eigenvalue weighted by Crippen LogP contribution is -2.44. The molecule has 1 aliphatic heterocycles. The van der Waals surface area contributed by atoms with E-state index in [-0.39, 0.29) is 5.88 Å². The van der Waals surface area contributed by atoms with Crippen LogP contribution in [0.15, 0.2) is 6.07 Å². The smallest absolute Gasteiger partial charge is 0.433 e. The van der Waals surface area contributed by atoms with E-state index < -0.39 is 11.9 Å². The Balaban J connectivity index is 1.48. The summed E-state index contributed by atoms with van der Waals surface area (Å²) in [5, 5.41) is 3.80. The van der Waals surface area contributed by atoms with Gasteiger partial charge in [0.2, 0.25) is 5.88 Å². The molecule has 2 fully saturated rings. The molecule has 1 aliphatic carbocycles. The van der Waals surface area contributed by atoms with E-state index in [2.05, 4.69) is 10.00 Å². The number of hydrogen-bond acceptors (Lipinski definition) is 4. The first-order chi connectivity index (χ1) is 10.9. The lowest BCUT2D eigenvalue weighted by atomic mass is 9.74. The molecular formula is C15H22F3N3O2. The summed E-state index contributed by atoms with van der Waals surface area (Å²) in [4.78, 5) is 2.39. The highest BCUT2D eigenvalue weighted by Gasteiger charge is 2.36. The molecule has 5 nitrogen and oxygen atoms in total. The van der Waals surface area contributed by atoms with Gasteiger partial charge in [0.1, 0.15) is 5.69 Å². The van der Waals surface area contributed by atoms with Crippen molar-refractivity contribution in [2.24, 2.45) is 18.9 Å². The van der Waals surface area contributed by atoms with Crippen LogP contribution in [-0.2, 0) is 18.0 Å². The quantitative estimate of drug-likeness (QED) is 0.828. The number of aryl methyl sites for hydroxylation is 1. The van der Waals surface area contributed by atoms with E-state index >= 15 is 0 Å². The number of ether oxygens (including phenoxy) is 2. The van der Waals surface area contributed by atoms with Crippen molar-refractivity contribution in [3.05, 3.63) is 11.8 Å².